The zero-order valence-corrected chi connectivity index (χ0v) is 15.4. The van der Waals surface area contributed by atoms with Gasteiger partial charge in [-0.25, -0.2) is 4.98 Å². The van der Waals surface area contributed by atoms with Gasteiger partial charge in [0.1, 0.15) is 11.2 Å². The lowest BCUT2D eigenvalue weighted by atomic mass is 9.84. The Morgan fingerprint density at radius 3 is 2.64 bits per heavy atom. The molecule has 2 aliphatic heterocycles. The third-order valence-electron chi connectivity index (χ3n) is 5.78. The molecule has 2 aromatic heterocycles. The minimum Gasteiger partial charge on any atom is -0.369 e. The number of carbonyl (C=O) groups excluding carboxylic acids is 2. The van der Waals surface area contributed by atoms with Crippen LogP contribution in [0.25, 0.3) is 5.65 Å². The van der Waals surface area contributed by atoms with Crippen molar-refractivity contribution in [3.05, 3.63) is 60.6 Å². The van der Waals surface area contributed by atoms with Gasteiger partial charge in [0.15, 0.2) is 0 Å². The number of carbonyl (C=O) groups is 2. The molecule has 7 heteroatoms. The monoisotopic (exact) mass is 375 g/mol. The molecule has 142 valence electrons. The lowest BCUT2D eigenvalue weighted by Gasteiger charge is -2.44. The summed E-state index contributed by atoms with van der Waals surface area (Å²) in [5, 5.41) is 6.43. The van der Waals surface area contributed by atoms with E-state index in [4.69, 9.17) is 0 Å². The number of pyridine rings is 1. The Morgan fingerprint density at radius 2 is 1.82 bits per heavy atom. The predicted molar refractivity (Wildman–Crippen MR) is 106 cm³/mol. The fourth-order valence-corrected chi connectivity index (χ4v) is 4.13. The summed E-state index contributed by atoms with van der Waals surface area (Å²) in [5.41, 5.74) is 2.82. The number of nitrogens with one attached hydrogen (secondary N) is 2. The molecule has 2 aliphatic rings. The highest BCUT2D eigenvalue weighted by Gasteiger charge is 2.44. The molecule has 2 N–H and O–H groups in total. The van der Waals surface area contributed by atoms with Crippen molar-refractivity contribution in [2.24, 2.45) is 0 Å². The number of nitrogens with zero attached hydrogens (tertiary/aromatic N) is 3. The molecule has 5 rings (SSSR count). The largest absolute Gasteiger partial charge is 0.369 e. The third-order valence-corrected chi connectivity index (χ3v) is 5.78. The van der Waals surface area contributed by atoms with Gasteiger partial charge in [0, 0.05) is 25.5 Å². The standard InChI is InChI=1S/C21H21N5O2/c27-19(13-15-14-22-18-7-3-4-10-26(15)18)25-11-8-21(9-12-25)20(28)23-16-5-1-2-6-17(16)24-21/h1-7,10,14,24H,8-9,11-13H2,(H,23,28). The summed E-state index contributed by atoms with van der Waals surface area (Å²) in [6.07, 6.45) is 5.16. The maximum Gasteiger partial charge on any atom is 0.250 e. The Labute approximate surface area is 162 Å². The number of aromatic nitrogens is 2. The fraction of sp³-hybridized carbons (Fsp3) is 0.286. The minimum absolute atomic E-state index is 0.0138. The van der Waals surface area contributed by atoms with Gasteiger partial charge in [0.05, 0.1) is 23.5 Å². The second-order valence-electron chi connectivity index (χ2n) is 7.44. The van der Waals surface area contributed by atoms with E-state index in [-0.39, 0.29) is 11.8 Å². The number of amides is 2. The van der Waals surface area contributed by atoms with Crippen molar-refractivity contribution >= 4 is 28.8 Å². The van der Waals surface area contributed by atoms with E-state index in [0.717, 1.165) is 22.7 Å². The van der Waals surface area contributed by atoms with Crippen LogP contribution in [0, 0.1) is 0 Å². The summed E-state index contributed by atoms with van der Waals surface area (Å²) in [6, 6.07) is 13.5. The van der Waals surface area contributed by atoms with Crippen LogP contribution in [0.5, 0.6) is 0 Å². The van der Waals surface area contributed by atoms with Crippen molar-refractivity contribution in [1.29, 1.82) is 0 Å². The van der Waals surface area contributed by atoms with Gasteiger partial charge in [-0.15, -0.1) is 0 Å². The van der Waals surface area contributed by atoms with E-state index >= 15 is 0 Å². The molecule has 3 aromatic rings. The molecular weight excluding hydrogens is 354 g/mol. The van der Waals surface area contributed by atoms with Crippen LogP contribution in [0.15, 0.2) is 54.9 Å². The van der Waals surface area contributed by atoms with E-state index in [1.807, 2.05) is 58.0 Å². The lowest BCUT2D eigenvalue weighted by molar-refractivity contribution is -0.134. The molecule has 1 aromatic carbocycles. The third kappa shape index (κ3) is 2.70. The van der Waals surface area contributed by atoms with Gasteiger partial charge in [0.2, 0.25) is 11.8 Å². The van der Waals surface area contributed by atoms with Crippen LogP contribution in [0.3, 0.4) is 0 Å². The molecule has 0 bridgehead atoms. The highest BCUT2D eigenvalue weighted by molar-refractivity contribution is 6.06. The van der Waals surface area contributed by atoms with Gasteiger partial charge in [0.25, 0.3) is 0 Å². The second kappa shape index (κ2) is 6.37. The molecule has 1 saturated heterocycles. The molecule has 4 heterocycles. The van der Waals surface area contributed by atoms with Crippen molar-refractivity contribution in [2.45, 2.75) is 24.8 Å². The summed E-state index contributed by atoms with van der Waals surface area (Å²) >= 11 is 0. The molecule has 1 fully saturated rings. The number of fused-ring (bicyclic) bond motifs is 2. The molecule has 2 amide bonds. The van der Waals surface area contributed by atoms with Crippen LogP contribution in [0.4, 0.5) is 11.4 Å². The van der Waals surface area contributed by atoms with Crippen LogP contribution in [0.1, 0.15) is 18.5 Å². The van der Waals surface area contributed by atoms with E-state index in [1.165, 1.54) is 0 Å². The number of piperidine rings is 1. The van der Waals surface area contributed by atoms with Gasteiger partial charge in [-0.1, -0.05) is 18.2 Å². The smallest absolute Gasteiger partial charge is 0.250 e. The first kappa shape index (κ1) is 16.8. The van der Waals surface area contributed by atoms with Crippen LogP contribution in [-0.4, -0.2) is 44.7 Å². The number of hydrogen-bond donors (Lipinski definition) is 2. The van der Waals surface area contributed by atoms with E-state index in [9.17, 15) is 9.59 Å². The van der Waals surface area contributed by atoms with Crippen molar-refractivity contribution in [3.63, 3.8) is 0 Å². The van der Waals surface area contributed by atoms with E-state index in [2.05, 4.69) is 15.6 Å². The quantitative estimate of drug-likeness (QED) is 0.720. The molecule has 0 unspecified atom stereocenters. The van der Waals surface area contributed by atoms with E-state index < -0.39 is 5.54 Å². The summed E-state index contributed by atoms with van der Waals surface area (Å²) in [7, 11) is 0. The molecule has 7 nitrogen and oxygen atoms in total. The van der Waals surface area contributed by atoms with Gasteiger partial charge in [-0.05, 0) is 37.1 Å². The van der Waals surface area contributed by atoms with E-state index in [1.54, 1.807) is 6.20 Å². The van der Waals surface area contributed by atoms with Crippen LogP contribution >= 0.6 is 0 Å². The molecule has 28 heavy (non-hydrogen) atoms. The molecule has 0 atom stereocenters. The summed E-state index contributed by atoms with van der Waals surface area (Å²) in [6.45, 7) is 1.11. The van der Waals surface area contributed by atoms with Crippen molar-refractivity contribution in [2.75, 3.05) is 23.7 Å². The average Bonchev–Trinajstić information content (AvgIpc) is 3.12. The van der Waals surface area contributed by atoms with E-state index in [0.29, 0.717) is 32.4 Å². The maximum absolute atomic E-state index is 12.8. The lowest BCUT2D eigenvalue weighted by Crippen LogP contribution is -2.59. The first-order chi connectivity index (χ1) is 13.6. The van der Waals surface area contributed by atoms with Crippen LogP contribution in [-0.2, 0) is 16.0 Å². The number of rotatable bonds is 2. The SMILES string of the molecule is O=C(Cc1cnc2ccccn12)N1CCC2(CC1)Nc1ccccc1NC2=O. The number of benzene rings is 1. The Bertz CT molecular complexity index is 1070. The van der Waals surface area contributed by atoms with Gasteiger partial charge >= 0.3 is 0 Å². The molecule has 1 spiro atoms. The number of imidazole rings is 1. The van der Waals surface area contributed by atoms with Crippen molar-refractivity contribution in [1.82, 2.24) is 14.3 Å². The summed E-state index contributed by atoms with van der Waals surface area (Å²) < 4.78 is 1.94. The first-order valence-corrected chi connectivity index (χ1v) is 9.52. The normalized spacial score (nSPS) is 17.9. The molecular formula is C21H21N5O2. The Hall–Kier alpha value is -3.35. The first-order valence-electron chi connectivity index (χ1n) is 9.52. The molecule has 0 aliphatic carbocycles. The Morgan fingerprint density at radius 1 is 1.07 bits per heavy atom. The number of anilines is 2. The zero-order chi connectivity index (χ0) is 19.1. The Kier molecular flexibility index (Phi) is 3.82. The average molecular weight is 375 g/mol. The number of hydrogen-bond acceptors (Lipinski definition) is 4. The van der Waals surface area contributed by atoms with Gasteiger partial charge in [-0.2, -0.15) is 0 Å². The Balaban J connectivity index is 1.28. The van der Waals surface area contributed by atoms with Gasteiger partial charge < -0.3 is 19.9 Å². The van der Waals surface area contributed by atoms with Gasteiger partial charge in [-0.3, -0.25) is 9.59 Å². The highest BCUT2D eigenvalue weighted by Crippen LogP contribution is 2.36. The number of likely N-dealkylation sites (tertiary alicyclic amines) is 1. The van der Waals surface area contributed by atoms with Crippen molar-refractivity contribution < 1.29 is 9.59 Å². The van der Waals surface area contributed by atoms with Crippen molar-refractivity contribution in [3.8, 4) is 0 Å². The topological polar surface area (TPSA) is 78.7 Å². The fourth-order valence-electron chi connectivity index (χ4n) is 4.13. The zero-order valence-electron chi connectivity index (χ0n) is 15.4. The summed E-state index contributed by atoms with van der Waals surface area (Å²) in [4.78, 5) is 31.7. The van der Waals surface area contributed by atoms with Crippen LogP contribution in [0.2, 0.25) is 0 Å². The second-order valence-corrected chi connectivity index (χ2v) is 7.44. The minimum atomic E-state index is -0.644. The molecule has 0 radical (unpaired) electrons. The predicted octanol–water partition coefficient (Wildman–Crippen LogP) is 2.30. The summed E-state index contributed by atoms with van der Waals surface area (Å²) in [5.74, 6) is 0.0530. The van der Waals surface area contributed by atoms with Crippen LogP contribution < -0.4 is 10.6 Å². The highest BCUT2D eigenvalue weighted by atomic mass is 16.2. The maximum atomic E-state index is 12.8. The number of para-hydroxylation sites is 2. The molecule has 0 saturated carbocycles.